The van der Waals surface area contributed by atoms with E-state index in [-0.39, 0.29) is 11.5 Å². The quantitative estimate of drug-likeness (QED) is 0.580. The van der Waals surface area contributed by atoms with Gasteiger partial charge in [0.25, 0.3) is 0 Å². The number of nitrogens with one attached hydrogen (secondary N) is 1. The Labute approximate surface area is 169 Å². The number of amides is 1. The molecule has 2 atom stereocenters. The van der Waals surface area contributed by atoms with Gasteiger partial charge in [0.05, 0.1) is 6.67 Å². The molecule has 0 saturated carbocycles. The van der Waals surface area contributed by atoms with E-state index in [1.165, 1.54) is 5.57 Å². The number of nitrogens with zero attached hydrogens (tertiary/aromatic N) is 1. The second-order valence-electron chi connectivity index (χ2n) is 8.95. The van der Waals surface area contributed by atoms with Crippen molar-refractivity contribution in [3.8, 4) is 11.5 Å². The van der Waals surface area contributed by atoms with Gasteiger partial charge in [-0.2, -0.15) is 0 Å². The number of allylic oxidation sites excluding steroid dienone is 2. The minimum atomic E-state index is -0.428. The van der Waals surface area contributed by atoms with E-state index in [0.717, 1.165) is 42.6 Å². The highest BCUT2D eigenvalue weighted by molar-refractivity contribution is 5.72. The van der Waals surface area contributed by atoms with Crippen LogP contribution in [-0.2, 0) is 6.42 Å². The summed E-state index contributed by atoms with van der Waals surface area (Å²) in [6.45, 7) is 9.13. The van der Waals surface area contributed by atoms with E-state index in [0.29, 0.717) is 18.3 Å². The Morgan fingerprint density at radius 3 is 2.79 bits per heavy atom. The molecule has 2 unspecified atom stereocenters. The lowest BCUT2D eigenvalue weighted by atomic mass is 9.68. The Hall–Kier alpha value is -2.01. The van der Waals surface area contributed by atoms with Crippen molar-refractivity contribution < 1.29 is 14.3 Å². The zero-order valence-corrected chi connectivity index (χ0v) is 18.1. The Bertz CT molecular complexity index is 767. The molecule has 1 heterocycles. The van der Waals surface area contributed by atoms with Gasteiger partial charge in [0, 0.05) is 17.4 Å². The van der Waals surface area contributed by atoms with E-state index in [1.54, 1.807) is 0 Å². The van der Waals surface area contributed by atoms with E-state index in [9.17, 15) is 4.79 Å². The summed E-state index contributed by atoms with van der Waals surface area (Å²) < 4.78 is 12.3. The van der Waals surface area contributed by atoms with Crippen LogP contribution < -0.4 is 14.8 Å². The maximum absolute atomic E-state index is 12.4. The minimum Gasteiger partial charge on any atom is -0.487 e. The molecule has 1 amide bonds. The predicted molar refractivity (Wildman–Crippen MR) is 112 cm³/mol. The third-order valence-corrected chi connectivity index (χ3v) is 5.79. The fourth-order valence-corrected chi connectivity index (χ4v) is 4.44. The van der Waals surface area contributed by atoms with E-state index < -0.39 is 6.09 Å². The molecule has 0 aromatic heterocycles. The summed E-state index contributed by atoms with van der Waals surface area (Å²) in [5, 5.41) is 2.79. The third-order valence-electron chi connectivity index (χ3n) is 5.79. The second kappa shape index (κ2) is 8.16. The molecular formula is C23H34N2O3. The molecule has 0 fully saturated rings. The van der Waals surface area contributed by atoms with Crippen LogP contribution in [-0.4, -0.2) is 37.4 Å². The summed E-state index contributed by atoms with van der Waals surface area (Å²) in [5.74, 6) is 2.07. The molecule has 5 nitrogen and oxygen atoms in total. The van der Waals surface area contributed by atoms with Crippen LogP contribution in [0.1, 0.15) is 64.0 Å². The smallest absolute Gasteiger partial charge is 0.413 e. The van der Waals surface area contributed by atoms with Crippen LogP contribution in [0, 0.1) is 5.92 Å². The van der Waals surface area contributed by atoms with Gasteiger partial charge in [-0.25, -0.2) is 4.79 Å². The first-order valence-corrected chi connectivity index (χ1v) is 10.3. The number of hydrogen-bond acceptors (Lipinski definition) is 4. The Morgan fingerprint density at radius 1 is 1.36 bits per heavy atom. The summed E-state index contributed by atoms with van der Waals surface area (Å²) in [4.78, 5) is 14.3. The van der Waals surface area contributed by atoms with Gasteiger partial charge in [0.15, 0.2) is 0 Å². The lowest BCUT2D eigenvalue weighted by molar-refractivity contribution is 0.0108. The van der Waals surface area contributed by atoms with Crippen molar-refractivity contribution in [2.75, 3.05) is 20.8 Å². The van der Waals surface area contributed by atoms with Gasteiger partial charge in [-0.05, 0) is 71.8 Å². The van der Waals surface area contributed by atoms with E-state index in [1.807, 2.05) is 25.1 Å². The van der Waals surface area contributed by atoms with Crippen LogP contribution in [0.2, 0.25) is 0 Å². The van der Waals surface area contributed by atoms with Crippen LogP contribution >= 0.6 is 0 Å². The number of aryl methyl sites for hydroxylation is 1. The molecule has 2 aliphatic rings. The van der Waals surface area contributed by atoms with E-state index in [4.69, 9.17) is 9.47 Å². The summed E-state index contributed by atoms with van der Waals surface area (Å²) in [7, 11) is 3.81. The van der Waals surface area contributed by atoms with Crippen molar-refractivity contribution in [2.45, 2.75) is 64.9 Å². The van der Waals surface area contributed by atoms with Crippen molar-refractivity contribution in [1.29, 1.82) is 0 Å². The first-order valence-electron chi connectivity index (χ1n) is 10.3. The van der Waals surface area contributed by atoms with Gasteiger partial charge in [-0.1, -0.05) is 25.0 Å². The average molecular weight is 387 g/mol. The summed E-state index contributed by atoms with van der Waals surface area (Å²) >= 11 is 0. The molecule has 0 saturated heterocycles. The van der Waals surface area contributed by atoms with Gasteiger partial charge in [0.1, 0.15) is 17.1 Å². The Morgan fingerprint density at radius 2 is 2.11 bits per heavy atom. The molecule has 1 aromatic rings. The summed E-state index contributed by atoms with van der Waals surface area (Å²) in [6.07, 6.45) is 6.05. The highest BCUT2D eigenvalue weighted by atomic mass is 16.6. The number of benzene rings is 1. The number of ether oxygens (including phenoxy) is 2. The lowest BCUT2D eigenvalue weighted by Gasteiger charge is -2.46. The first-order chi connectivity index (χ1) is 13.2. The van der Waals surface area contributed by atoms with Gasteiger partial charge in [-0.15, -0.1) is 0 Å². The van der Waals surface area contributed by atoms with Crippen molar-refractivity contribution in [1.82, 2.24) is 10.2 Å². The Balaban J connectivity index is 2.03. The van der Waals surface area contributed by atoms with Gasteiger partial charge < -0.3 is 14.8 Å². The number of rotatable bonds is 5. The maximum Gasteiger partial charge on any atom is 0.413 e. The Kier molecular flexibility index (Phi) is 6.04. The average Bonchev–Trinajstić information content (AvgIpc) is 2.59. The number of carbonyl (C=O) groups is 1. The second-order valence-corrected chi connectivity index (χ2v) is 8.95. The normalized spacial score (nSPS) is 22.6. The SMILES string of the molecule is CCCc1cc(OC(=O)NCN(C)C)c2c(c1)OC(C)(C)C1CCC(C)=CC21. The van der Waals surface area contributed by atoms with Crippen LogP contribution in [0.15, 0.2) is 23.8 Å². The van der Waals surface area contributed by atoms with Crippen LogP contribution in [0.4, 0.5) is 4.79 Å². The fraction of sp³-hybridized carbons (Fsp3) is 0.609. The van der Waals surface area contributed by atoms with E-state index in [2.05, 4.69) is 45.2 Å². The fourth-order valence-electron chi connectivity index (χ4n) is 4.44. The van der Waals surface area contributed by atoms with Crippen molar-refractivity contribution in [3.05, 3.63) is 34.9 Å². The van der Waals surface area contributed by atoms with Crippen molar-refractivity contribution in [3.63, 3.8) is 0 Å². The molecule has 0 radical (unpaired) electrons. The molecular weight excluding hydrogens is 352 g/mol. The first kappa shape index (κ1) is 20.7. The standard InChI is InChI=1S/C23H34N2O3/c1-7-8-16-12-19(27-22(26)24-14-25(5)6)21-17-11-15(2)9-10-18(17)23(3,4)28-20(21)13-16/h11-13,17-18H,7-10,14H2,1-6H3,(H,24,26). The predicted octanol–water partition coefficient (Wildman–Crippen LogP) is 4.86. The van der Waals surface area contributed by atoms with Crippen LogP contribution in [0.5, 0.6) is 11.5 Å². The van der Waals surface area contributed by atoms with Crippen molar-refractivity contribution in [2.24, 2.45) is 5.92 Å². The molecule has 154 valence electrons. The van der Waals surface area contributed by atoms with E-state index >= 15 is 0 Å². The molecule has 3 rings (SSSR count). The molecule has 28 heavy (non-hydrogen) atoms. The van der Waals surface area contributed by atoms with Gasteiger partial charge in [-0.3, -0.25) is 4.90 Å². The number of fused-ring (bicyclic) bond motifs is 3. The highest BCUT2D eigenvalue weighted by Crippen LogP contribution is 2.53. The molecule has 1 aromatic carbocycles. The molecule has 5 heteroatoms. The zero-order chi connectivity index (χ0) is 20.5. The largest absolute Gasteiger partial charge is 0.487 e. The topological polar surface area (TPSA) is 50.8 Å². The summed E-state index contributed by atoms with van der Waals surface area (Å²) in [5.41, 5.74) is 3.31. The third kappa shape index (κ3) is 4.35. The molecule has 0 spiro atoms. The number of carbonyl (C=O) groups excluding carboxylic acids is 1. The van der Waals surface area contributed by atoms with Crippen molar-refractivity contribution >= 4 is 6.09 Å². The molecule has 0 bridgehead atoms. The van der Waals surface area contributed by atoms with Gasteiger partial charge in [0.2, 0.25) is 0 Å². The summed E-state index contributed by atoms with van der Waals surface area (Å²) in [6, 6.07) is 4.16. The highest BCUT2D eigenvalue weighted by Gasteiger charge is 2.45. The van der Waals surface area contributed by atoms with Crippen LogP contribution in [0.3, 0.4) is 0 Å². The maximum atomic E-state index is 12.4. The lowest BCUT2D eigenvalue weighted by Crippen LogP contribution is -2.45. The minimum absolute atomic E-state index is 0.208. The molecule has 1 N–H and O–H groups in total. The van der Waals surface area contributed by atoms with Gasteiger partial charge >= 0.3 is 6.09 Å². The molecule has 1 aliphatic carbocycles. The number of hydrogen-bond donors (Lipinski definition) is 1. The zero-order valence-electron chi connectivity index (χ0n) is 18.1. The van der Waals surface area contributed by atoms with Crippen LogP contribution in [0.25, 0.3) is 0 Å². The molecule has 1 aliphatic heterocycles. The monoisotopic (exact) mass is 386 g/mol.